The summed E-state index contributed by atoms with van der Waals surface area (Å²) in [6.45, 7) is 20.4. The zero-order chi connectivity index (χ0) is 17.8. The van der Waals surface area contributed by atoms with Crippen LogP contribution in [-0.2, 0) is 14.3 Å². The highest BCUT2D eigenvalue weighted by atomic mass is 16.6. The van der Waals surface area contributed by atoms with Crippen LogP contribution in [0, 0.1) is 38.5 Å². The fourth-order valence-electron chi connectivity index (χ4n) is 2.98. The van der Waals surface area contributed by atoms with Crippen molar-refractivity contribution in [3.63, 3.8) is 0 Å². The number of hydrogen-bond acceptors (Lipinski definition) is 3. The van der Waals surface area contributed by atoms with Crippen LogP contribution in [0.2, 0.25) is 0 Å². The molecule has 4 unspecified atom stereocenters. The first-order chi connectivity index (χ1) is 11.6. The summed E-state index contributed by atoms with van der Waals surface area (Å²) in [5, 5.41) is 0. The lowest BCUT2D eigenvalue weighted by Crippen LogP contribution is -2.41. The van der Waals surface area contributed by atoms with Gasteiger partial charge in [0.1, 0.15) is 6.61 Å². The van der Waals surface area contributed by atoms with E-state index in [9.17, 15) is 4.79 Å². The van der Waals surface area contributed by atoms with E-state index < -0.39 is 5.92 Å². The average Bonchev–Trinajstić information content (AvgIpc) is 2.57. The summed E-state index contributed by atoms with van der Waals surface area (Å²) in [5.74, 6) is -1.15. The highest BCUT2D eigenvalue weighted by molar-refractivity contribution is 5.69. The van der Waals surface area contributed by atoms with Crippen molar-refractivity contribution < 1.29 is 14.3 Å². The van der Waals surface area contributed by atoms with E-state index in [0.717, 1.165) is 12.8 Å². The van der Waals surface area contributed by atoms with Gasteiger partial charge in [-0.25, -0.2) is 0 Å². The van der Waals surface area contributed by atoms with Crippen molar-refractivity contribution >= 4 is 5.97 Å². The number of carbonyl (C=O) groups is 1. The number of rotatable bonds is 12. The van der Waals surface area contributed by atoms with Gasteiger partial charge in [0.25, 0.3) is 0 Å². The molecule has 3 nitrogen and oxygen atoms in total. The maximum Gasteiger partial charge on any atom is 0.305 e. The molecule has 1 heterocycles. The summed E-state index contributed by atoms with van der Waals surface area (Å²) in [4.78, 5) is 11.8. The molecule has 0 aromatic carbocycles. The Bertz CT molecular complexity index is 329. The van der Waals surface area contributed by atoms with Gasteiger partial charge in [0.15, 0.2) is 0 Å². The van der Waals surface area contributed by atoms with E-state index in [2.05, 4.69) is 6.92 Å². The summed E-state index contributed by atoms with van der Waals surface area (Å²) in [7, 11) is 0. The highest BCUT2D eigenvalue weighted by Gasteiger charge is 2.33. The number of unbranched alkanes of at least 4 members (excludes halogenated alkanes) is 8. The van der Waals surface area contributed by atoms with E-state index in [0.29, 0.717) is 13.0 Å². The molecule has 3 heteroatoms. The minimum absolute atomic E-state index is 0.165. The van der Waals surface area contributed by atoms with Crippen LogP contribution in [0.5, 0.6) is 0 Å². The second-order valence-corrected chi connectivity index (χ2v) is 6.95. The quantitative estimate of drug-likeness (QED) is 0.379. The highest BCUT2D eigenvalue weighted by Crippen LogP contribution is 2.30. The van der Waals surface area contributed by atoms with Crippen molar-refractivity contribution in [3.05, 3.63) is 20.8 Å². The Morgan fingerprint density at radius 1 is 0.958 bits per heavy atom. The molecule has 0 amide bonds. The second kappa shape index (κ2) is 12.7. The van der Waals surface area contributed by atoms with Crippen molar-refractivity contribution in [2.24, 2.45) is 17.8 Å². The van der Waals surface area contributed by atoms with E-state index in [1.54, 1.807) is 0 Å². The van der Waals surface area contributed by atoms with E-state index >= 15 is 0 Å². The van der Waals surface area contributed by atoms with E-state index in [4.69, 9.17) is 30.2 Å². The average molecular weight is 334 g/mol. The Morgan fingerprint density at radius 3 is 2.17 bits per heavy atom. The molecule has 0 aromatic rings. The van der Waals surface area contributed by atoms with Crippen LogP contribution in [-0.4, -0.2) is 25.3 Å². The summed E-state index contributed by atoms with van der Waals surface area (Å²) >= 11 is 0. The molecule has 0 spiro atoms. The van der Waals surface area contributed by atoms with Crippen LogP contribution in [0.25, 0.3) is 0 Å². The van der Waals surface area contributed by atoms with Crippen LogP contribution in [0.3, 0.4) is 0 Å². The summed E-state index contributed by atoms with van der Waals surface area (Å²) in [5.41, 5.74) is 0. The Hall–Kier alpha value is -0.570. The van der Waals surface area contributed by atoms with Gasteiger partial charge in [-0.1, -0.05) is 58.3 Å². The summed E-state index contributed by atoms with van der Waals surface area (Å²) < 4.78 is 10.8. The SMILES string of the molecule is [CH]C1COC(COC(=O)CCCCCCCCCCC)C([CH])C1[CH]. The largest absolute Gasteiger partial charge is 0.463 e. The van der Waals surface area contributed by atoms with Crippen LogP contribution < -0.4 is 0 Å². The van der Waals surface area contributed by atoms with Gasteiger partial charge in [0.2, 0.25) is 0 Å². The topological polar surface area (TPSA) is 35.5 Å². The Balaban J connectivity index is 1.98. The zero-order valence-electron chi connectivity index (χ0n) is 15.3. The van der Waals surface area contributed by atoms with Crippen molar-refractivity contribution in [2.75, 3.05) is 13.2 Å². The lowest BCUT2D eigenvalue weighted by molar-refractivity contribution is -0.153. The second-order valence-electron chi connectivity index (χ2n) is 6.95. The van der Waals surface area contributed by atoms with Crippen LogP contribution in [0.4, 0.5) is 0 Å². The number of ether oxygens (including phenoxy) is 2. The third kappa shape index (κ3) is 8.50. The smallest absolute Gasteiger partial charge is 0.305 e. The molecule has 1 saturated heterocycles. The molecular weight excluding hydrogens is 300 g/mol. The van der Waals surface area contributed by atoms with Crippen LogP contribution in [0.1, 0.15) is 71.1 Å². The third-order valence-corrected chi connectivity index (χ3v) is 4.76. The molecule has 0 N–H and O–H groups in total. The van der Waals surface area contributed by atoms with E-state index in [1.807, 2.05) is 0 Å². The molecule has 1 aliphatic rings. The van der Waals surface area contributed by atoms with Gasteiger partial charge in [-0.15, -0.1) is 0 Å². The standard InChI is InChI=1S/C21H34O3/c1-5-6-7-8-9-10-11-12-13-14-21(22)24-16-20-19(4)18(3)17(2)15-23-20/h2-4,17-20H,5-16H2,1H3. The fraction of sp³-hybridized carbons (Fsp3) is 0.810. The molecule has 1 fully saturated rings. The van der Waals surface area contributed by atoms with Crippen molar-refractivity contribution in [2.45, 2.75) is 77.2 Å². The summed E-state index contributed by atoms with van der Waals surface area (Å²) in [6, 6.07) is 0. The minimum Gasteiger partial charge on any atom is -0.463 e. The molecule has 1 rings (SSSR count). The molecule has 0 aliphatic carbocycles. The van der Waals surface area contributed by atoms with E-state index in [1.165, 1.54) is 44.9 Å². The zero-order valence-corrected chi connectivity index (χ0v) is 15.3. The normalized spacial score (nSPS) is 27.2. The molecule has 6 radical (unpaired) electrons. The van der Waals surface area contributed by atoms with Gasteiger partial charge in [-0.2, -0.15) is 0 Å². The molecule has 0 aromatic heterocycles. The number of hydrogen-bond donors (Lipinski definition) is 0. The first-order valence-corrected chi connectivity index (χ1v) is 9.60. The van der Waals surface area contributed by atoms with Gasteiger partial charge in [-0.3, -0.25) is 4.79 Å². The molecular formula is C21H34O3. The van der Waals surface area contributed by atoms with E-state index in [-0.39, 0.29) is 30.5 Å². The van der Waals surface area contributed by atoms with Gasteiger partial charge in [0.05, 0.1) is 12.7 Å². The molecule has 136 valence electrons. The van der Waals surface area contributed by atoms with Gasteiger partial charge in [0, 0.05) is 6.42 Å². The van der Waals surface area contributed by atoms with Crippen molar-refractivity contribution in [1.82, 2.24) is 0 Å². The number of esters is 1. The maximum atomic E-state index is 11.8. The molecule has 0 saturated carbocycles. The van der Waals surface area contributed by atoms with Crippen LogP contribution >= 0.6 is 0 Å². The van der Waals surface area contributed by atoms with Crippen molar-refractivity contribution in [3.8, 4) is 0 Å². The van der Waals surface area contributed by atoms with Gasteiger partial charge < -0.3 is 9.47 Å². The molecule has 4 atom stereocenters. The maximum absolute atomic E-state index is 11.8. The number of carbonyl (C=O) groups excluding carboxylic acids is 1. The third-order valence-electron chi connectivity index (χ3n) is 4.76. The molecule has 1 aliphatic heterocycles. The Kier molecular flexibility index (Phi) is 11.4. The molecule has 24 heavy (non-hydrogen) atoms. The lowest BCUT2D eigenvalue weighted by atomic mass is 9.80. The van der Waals surface area contributed by atoms with Crippen molar-refractivity contribution in [1.29, 1.82) is 0 Å². The predicted octanol–water partition coefficient (Wildman–Crippen LogP) is 4.83. The minimum atomic E-state index is -0.394. The Morgan fingerprint density at radius 2 is 1.54 bits per heavy atom. The van der Waals surface area contributed by atoms with Gasteiger partial charge >= 0.3 is 5.97 Å². The Labute approximate surface area is 149 Å². The monoisotopic (exact) mass is 334 g/mol. The fourth-order valence-corrected chi connectivity index (χ4v) is 2.98. The van der Waals surface area contributed by atoms with Crippen LogP contribution in [0.15, 0.2) is 0 Å². The first kappa shape index (κ1) is 21.5. The molecule has 0 bridgehead atoms. The first-order valence-electron chi connectivity index (χ1n) is 9.60. The predicted molar refractivity (Wildman–Crippen MR) is 95.9 cm³/mol. The summed E-state index contributed by atoms with van der Waals surface area (Å²) in [6.07, 6.45) is 11.2. The van der Waals surface area contributed by atoms with Gasteiger partial charge in [-0.05, 0) is 44.9 Å². The lowest BCUT2D eigenvalue weighted by Gasteiger charge is -2.37.